The molecule has 1 atom stereocenters. The summed E-state index contributed by atoms with van der Waals surface area (Å²) in [6.45, 7) is 0. The van der Waals surface area contributed by atoms with Crippen LogP contribution in [0.25, 0.3) is 0 Å². The Morgan fingerprint density at radius 1 is 1.39 bits per heavy atom. The number of hydrogen-bond donors (Lipinski definition) is 2. The Balaban J connectivity index is 2.32. The van der Waals surface area contributed by atoms with Crippen LogP contribution in [-0.4, -0.2) is 7.11 Å². The lowest BCUT2D eigenvalue weighted by Crippen LogP contribution is -2.30. The van der Waals surface area contributed by atoms with Gasteiger partial charge in [-0.15, -0.1) is 0 Å². The van der Waals surface area contributed by atoms with Crippen LogP contribution < -0.4 is 16.0 Å². The van der Waals surface area contributed by atoms with Gasteiger partial charge in [0, 0.05) is 12.0 Å². The number of methoxy groups -OCH3 is 1. The van der Waals surface area contributed by atoms with Crippen LogP contribution in [0.4, 0.5) is 4.39 Å². The summed E-state index contributed by atoms with van der Waals surface area (Å²) in [4.78, 5) is 0. The van der Waals surface area contributed by atoms with E-state index in [-0.39, 0.29) is 5.82 Å². The van der Waals surface area contributed by atoms with Gasteiger partial charge in [0.05, 0.1) is 19.4 Å². The molecule has 5 heteroatoms. The summed E-state index contributed by atoms with van der Waals surface area (Å²) >= 11 is 0. The molecule has 0 fully saturated rings. The highest BCUT2D eigenvalue weighted by atomic mass is 19.1. The molecule has 3 N–H and O–H groups in total. The molecule has 0 bridgehead atoms. The monoisotopic (exact) mass is 250 g/mol. The highest BCUT2D eigenvalue weighted by molar-refractivity contribution is 5.37. The number of hydrazine groups is 1. The van der Waals surface area contributed by atoms with Crippen LogP contribution in [0.2, 0.25) is 0 Å². The summed E-state index contributed by atoms with van der Waals surface area (Å²) in [5.74, 6) is 6.33. The van der Waals surface area contributed by atoms with Crippen molar-refractivity contribution in [3.63, 3.8) is 0 Å². The molecule has 2 aromatic rings. The molecular weight excluding hydrogens is 235 g/mol. The quantitative estimate of drug-likeness (QED) is 0.630. The molecule has 1 aromatic carbocycles. The van der Waals surface area contributed by atoms with Crippen LogP contribution in [0.3, 0.4) is 0 Å². The maximum atomic E-state index is 13.9. The van der Waals surface area contributed by atoms with Crippen molar-refractivity contribution in [1.29, 1.82) is 0 Å². The van der Waals surface area contributed by atoms with E-state index in [4.69, 9.17) is 15.0 Å². The Bertz CT molecular complexity index is 500. The van der Waals surface area contributed by atoms with Crippen molar-refractivity contribution in [2.24, 2.45) is 5.84 Å². The number of furan rings is 1. The second-order valence-electron chi connectivity index (χ2n) is 3.86. The first-order chi connectivity index (χ1) is 8.76. The summed E-state index contributed by atoms with van der Waals surface area (Å²) in [5, 5.41) is 0. The summed E-state index contributed by atoms with van der Waals surface area (Å²) in [5.41, 5.74) is 2.99. The molecule has 0 spiro atoms. The lowest BCUT2D eigenvalue weighted by atomic mass is 10.0. The van der Waals surface area contributed by atoms with Crippen molar-refractivity contribution >= 4 is 0 Å². The lowest BCUT2D eigenvalue weighted by molar-refractivity contribution is 0.383. The molecule has 1 aromatic heterocycles. The second-order valence-corrected chi connectivity index (χ2v) is 3.86. The topological polar surface area (TPSA) is 60.4 Å². The number of nitrogens with one attached hydrogen (secondary N) is 1. The maximum absolute atomic E-state index is 13.9. The van der Waals surface area contributed by atoms with Crippen LogP contribution in [0.1, 0.15) is 17.4 Å². The van der Waals surface area contributed by atoms with Gasteiger partial charge in [0.1, 0.15) is 17.3 Å². The highest BCUT2D eigenvalue weighted by Gasteiger charge is 2.20. The standard InChI is InChI=1S/C13H15FN2O2/c1-17-12-6-2-5-10(14)13(12)11(16-15)8-9-4-3-7-18-9/h2-7,11,16H,8,15H2,1H3. The third-order valence-corrected chi connectivity index (χ3v) is 2.77. The first kappa shape index (κ1) is 12.6. The van der Waals surface area contributed by atoms with Gasteiger partial charge in [-0.1, -0.05) is 6.07 Å². The molecule has 0 aliphatic heterocycles. The predicted molar refractivity (Wildman–Crippen MR) is 65.4 cm³/mol. The van der Waals surface area contributed by atoms with E-state index in [0.29, 0.717) is 17.7 Å². The maximum Gasteiger partial charge on any atom is 0.131 e. The molecule has 0 saturated heterocycles. The van der Waals surface area contributed by atoms with Crippen molar-refractivity contribution in [3.05, 3.63) is 53.7 Å². The van der Waals surface area contributed by atoms with E-state index in [1.165, 1.54) is 13.2 Å². The zero-order chi connectivity index (χ0) is 13.0. The van der Waals surface area contributed by atoms with Crippen molar-refractivity contribution in [1.82, 2.24) is 5.43 Å². The Morgan fingerprint density at radius 3 is 2.83 bits per heavy atom. The van der Waals surface area contributed by atoms with E-state index >= 15 is 0 Å². The van der Waals surface area contributed by atoms with Gasteiger partial charge in [-0.2, -0.15) is 0 Å². The largest absolute Gasteiger partial charge is 0.496 e. The van der Waals surface area contributed by atoms with E-state index < -0.39 is 6.04 Å². The minimum atomic E-state index is -0.410. The number of rotatable bonds is 5. The fourth-order valence-corrected chi connectivity index (χ4v) is 1.91. The summed E-state index contributed by atoms with van der Waals surface area (Å²) in [6.07, 6.45) is 2.02. The van der Waals surface area contributed by atoms with Crippen molar-refractivity contribution in [2.45, 2.75) is 12.5 Å². The molecule has 1 unspecified atom stereocenters. The Morgan fingerprint density at radius 2 is 2.22 bits per heavy atom. The minimum absolute atomic E-state index is 0.358. The Kier molecular flexibility index (Phi) is 3.96. The van der Waals surface area contributed by atoms with Crippen LogP contribution in [-0.2, 0) is 6.42 Å². The Hall–Kier alpha value is -1.85. The average molecular weight is 250 g/mol. The molecule has 96 valence electrons. The van der Waals surface area contributed by atoms with Gasteiger partial charge < -0.3 is 9.15 Å². The molecule has 1 heterocycles. The van der Waals surface area contributed by atoms with Crippen molar-refractivity contribution in [3.8, 4) is 5.75 Å². The van der Waals surface area contributed by atoms with Gasteiger partial charge in [-0.05, 0) is 24.3 Å². The number of halogens is 1. The van der Waals surface area contributed by atoms with Crippen LogP contribution in [0, 0.1) is 5.82 Å². The minimum Gasteiger partial charge on any atom is -0.496 e. The number of ether oxygens (including phenoxy) is 1. The third kappa shape index (κ3) is 2.52. The van der Waals surface area contributed by atoms with E-state index in [2.05, 4.69) is 5.43 Å². The predicted octanol–water partition coefficient (Wildman–Crippen LogP) is 2.17. The highest BCUT2D eigenvalue weighted by Crippen LogP contribution is 2.29. The van der Waals surface area contributed by atoms with Crippen LogP contribution in [0.15, 0.2) is 41.0 Å². The molecule has 2 rings (SSSR count). The van der Waals surface area contributed by atoms with Crippen molar-refractivity contribution < 1.29 is 13.5 Å². The molecule has 0 radical (unpaired) electrons. The van der Waals surface area contributed by atoms with Gasteiger partial charge >= 0.3 is 0 Å². The van der Waals surface area contributed by atoms with Gasteiger partial charge in [0.2, 0.25) is 0 Å². The lowest BCUT2D eigenvalue weighted by Gasteiger charge is -2.18. The van der Waals surface area contributed by atoms with Crippen LogP contribution in [0.5, 0.6) is 5.75 Å². The molecule has 0 aliphatic rings. The normalized spacial score (nSPS) is 12.4. The Labute approximate surface area is 105 Å². The zero-order valence-corrected chi connectivity index (χ0v) is 10.0. The SMILES string of the molecule is COc1cccc(F)c1C(Cc1ccco1)NN. The number of benzene rings is 1. The fraction of sp³-hybridized carbons (Fsp3) is 0.231. The smallest absolute Gasteiger partial charge is 0.131 e. The third-order valence-electron chi connectivity index (χ3n) is 2.77. The first-order valence-corrected chi connectivity index (χ1v) is 5.57. The van der Waals surface area contributed by atoms with E-state index in [1.807, 2.05) is 6.07 Å². The zero-order valence-electron chi connectivity index (χ0n) is 10.0. The van der Waals surface area contributed by atoms with Crippen molar-refractivity contribution in [2.75, 3.05) is 7.11 Å². The second kappa shape index (κ2) is 5.66. The number of hydrogen-bond acceptors (Lipinski definition) is 4. The molecule has 18 heavy (non-hydrogen) atoms. The summed E-state index contributed by atoms with van der Waals surface area (Å²) < 4.78 is 24.3. The first-order valence-electron chi connectivity index (χ1n) is 5.57. The van der Waals surface area contributed by atoms with Gasteiger partial charge in [-0.25, -0.2) is 4.39 Å². The van der Waals surface area contributed by atoms with E-state index in [0.717, 1.165) is 5.76 Å². The molecule has 0 amide bonds. The molecule has 0 aliphatic carbocycles. The van der Waals surface area contributed by atoms with E-state index in [1.54, 1.807) is 24.5 Å². The summed E-state index contributed by atoms with van der Waals surface area (Å²) in [7, 11) is 1.50. The molecule has 0 saturated carbocycles. The number of nitrogens with two attached hydrogens (primary N) is 1. The van der Waals surface area contributed by atoms with E-state index in [9.17, 15) is 4.39 Å². The van der Waals surface area contributed by atoms with Gasteiger partial charge in [0.25, 0.3) is 0 Å². The summed E-state index contributed by atoms with van der Waals surface area (Å²) in [6, 6.07) is 7.86. The molecule has 4 nitrogen and oxygen atoms in total. The van der Waals surface area contributed by atoms with Crippen LogP contribution >= 0.6 is 0 Å². The fourth-order valence-electron chi connectivity index (χ4n) is 1.91. The van der Waals surface area contributed by atoms with Gasteiger partial charge in [-0.3, -0.25) is 11.3 Å². The molecular formula is C13H15FN2O2. The average Bonchev–Trinajstić information content (AvgIpc) is 2.89. The van der Waals surface area contributed by atoms with Gasteiger partial charge in [0.15, 0.2) is 0 Å².